The second-order valence-corrected chi connectivity index (χ2v) is 21.4. The summed E-state index contributed by atoms with van der Waals surface area (Å²) < 4.78 is 67.7. The summed E-state index contributed by atoms with van der Waals surface area (Å²) in [6.07, 6.45) is -2.20. The topological polar surface area (TPSA) is 229 Å². The molecule has 23 atom stereocenters. The second kappa shape index (κ2) is 20.2. The zero-order valence-corrected chi connectivity index (χ0v) is 41.4. The molecular formula is C50H77NO17. The third kappa shape index (κ3) is 9.08. The van der Waals surface area contributed by atoms with Crippen LogP contribution in [0.1, 0.15) is 123 Å². The van der Waals surface area contributed by atoms with Gasteiger partial charge in [-0.3, -0.25) is 9.78 Å². The Bertz CT molecular complexity index is 1900. The largest absolute Gasteiger partial charge is 0.462 e. The molecule has 3 saturated heterocycles. The van der Waals surface area contributed by atoms with Gasteiger partial charge in [0.05, 0.1) is 53.2 Å². The number of aliphatic hydroxyl groups excluding tert-OH is 2. The summed E-state index contributed by atoms with van der Waals surface area (Å²) >= 11 is 0. The zero-order chi connectivity index (χ0) is 49.1. The van der Waals surface area contributed by atoms with Gasteiger partial charge in [0.2, 0.25) is 0 Å². The summed E-state index contributed by atoms with van der Waals surface area (Å²) in [5, 5.41) is 47.1. The van der Waals surface area contributed by atoms with Gasteiger partial charge in [0, 0.05) is 53.5 Å². The molecule has 18 nitrogen and oxygen atoms in total. The highest BCUT2D eigenvalue weighted by Gasteiger charge is 2.77. The van der Waals surface area contributed by atoms with E-state index in [4.69, 9.17) is 52.1 Å². The molecule has 4 heterocycles. The van der Waals surface area contributed by atoms with E-state index in [1.54, 1.807) is 46.4 Å². The van der Waals surface area contributed by atoms with E-state index in [9.17, 15) is 30.0 Å². The van der Waals surface area contributed by atoms with Crippen molar-refractivity contribution in [2.45, 2.75) is 222 Å². The van der Waals surface area contributed by atoms with Gasteiger partial charge in [0.15, 0.2) is 18.9 Å². The van der Waals surface area contributed by atoms with Crippen LogP contribution >= 0.6 is 0 Å². The van der Waals surface area contributed by atoms with Crippen molar-refractivity contribution in [3.63, 3.8) is 0 Å². The van der Waals surface area contributed by atoms with Crippen molar-refractivity contribution < 1.29 is 82.1 Å². The van der Waals surface area contributed by atoms with Crippen LogP contribution in [0.3, 0.4) is 0 Å². The first-order valence-corrected chi connectivity index (χ1v) is 24.8. The molecular weight excluding hydrogens is 887 g/mol. The summed E-state index contributed by atoms with van der Waals surface area (Å²) in [5.41, 5.74) is -4.35. The highest BCUT2D eigenvalue weighted by molar-refractivity contribution is 5.89. The van der Waals surface area contributed by atoms with Gasteiger partial charge >= 0.3 is 11.9 Å². The number of hydrogen-bond donors (Lipinski definition) is 4. The Labute approximate surface area is 400 Å². The maximum absolute atomic E-state index is 13.2. The Morgan fingerprint density at radius 1 is 0.765 bits per heavy atom. The van der Waals surface area contributed by atoms with E-state index in [2.05, 4.69) is 11.9 Å². The SMILES string of the molecule is CO[C@H]1[C@@H](O)[C@H](O[C@H]2[C@@H](C)O[C@@H](O[C@@H]3[C@@H](OC)C[C@H](O[C@H]4CC[C@@]5(C)[C@@H](CC[C@@H]6[C@@H]5C[C@@H](OC(C)=O)[C@]5(C)[C@](O)(C(C)OC(=O)c7cccnc7)CC[C@]65O)C4)O[C@@H]3C)C[C@H]2OC)O[C@H](C)[C@H]1O. The lowest BCUT2D eigenvalue weighted by Gasteiger charge is -2.66. The third-order valence-corrected chi connectivity index (χ3v) is 18.1. The highest BCUT2D eigenvalue weighted by Crippen LogP contribution is 2.71. The summed E-state index contributed by atoms with van der Waals surface area (Å²) in [5.74, 6) is -1.03. The lowest BCUT2D eigenvalue weighted by Crippen LogP contribution is -2.72. The number of ether oxygens (including phenoxy) is 11. The molecule has 0 aromatic carbocycles. The van der Waals surface area contributed by atoms with Gasteiger partial charge in [0.25, 0.3) is 0 Å². The Balaban J connectivity index is 0.889. The fraction of sp³-hybridized carbons (Fsp3) is 0.860. The fourth-order valence-corrected chi connectivity index (χ4v) is 14.1. The molecule has 3 aliphatic heterocycles. The van der Waals surface area contributed by atoms with Gasteiger partial charge in [-0.05, 0) is 114 Å². The highest BCUT2D eigenvalue weighted by atomic mass is 16.8. The third-order valence-electron chi connectivity index (χ3n) is 18.1. The molecule has 1 aromatic rings. The molecule has 4 N–H and O–H groups in total. The van der Waals surface area contributed by atoms with Crippen molar-refractivity contribution >= 4 is 11.9 Å². The van der Waals surface area contributed by atoms with Gasteiger partial charge < -0.3 is 72.5 Å². The number of nitrogens with zero attached hydrogens (tertiary/aromatic N) is 1. The van der Waals surface area contributed by atoms with Gasteiger partial charge in [0.1, 0.15) is 48.3 Å². The molecule has 8 rings (SSSR count). The molecule has 0 spiro atoms. The van der Waals surface area contributed by atoms with Crippen molar-refractivity contribution in [3.8, 4) is 0 Å². The van der Waals surface area contributed by atoms with Crippen molar-refractivity contribution in [3.05, 3.63) is 30.1 Å². The molecule has 0 bridgehead atoms. The van der Waals surface area contributed by atoms with Crippen LogP contribution in [0.15, 0.2) is 24.5 Å². The van der Waals surface area contributed by atoms with Crippen molar-refractivity contribution in [1.82, 2.24) is 4.98 Å². The molecule has 0 radical (unpaired) electrons. The molecule has 18 heteroatoms. The number of methoxy groups -OCH3 is 3. The molecule has 4 saturated carbocycles. The number of esters is 2. The minimum absolute atomic E-state index is 0.000786. The number of pyridine rings is 1. The summed E-state index contributed by atoms with van der Waals surface area (Å²) in [4.78, 5) is 30.1. The van der Waals surface area contributed by atoms with Crippen LogP contribution in [-0.2, 0) is 56.9 Å². The van der Waals surface area contributed by atoms with Crippen LogP contribution in [0.4, 0.5) is 0 Å². The van der Waals surface area contributed by atoms with Crippen LogP contribution in [0.5, 0.6) is 0 Å². The number of fused-ring (bicyclic) bond motifs is 5. The number of rotatable bonds is 13. The van der Waals surface area contributed by atoms with Crippen LogP contribution in [0, 0.1) is 28.6 Å². The smallest absolute Gasteiger partial charge is 0.340 e. The molecule has 7 fully saturated rings. The lowest BCUT2D eigenvalue weighted by molar-refractivity contribution is -0.352. The zero-order valence-electron chi connectivity index (χ0n) is 41.4. The number of carbonyl (C=O) groups is 2. The van der Waals surface area contributed by atoms with Gasteiger partial charge in [-0.1, -0.05) is 13.8 Å². The number of aromatic nitrogens is 1. The van der Waals surface area contributed by atoms with Crippen LogP contribution in [0.2, 0.25) is 0 Å². The standard InChI is InChI=1S/C50H77NO17/c1-25-40(53)44(60-10)41(54)46(63-25)68-43-27(3)62-39(23-36(43)59-9)67-42-26(2)61-38(22-35(42)58-8)66-32-15-16-47(6)31(20-32)13-14-33-34(47)21-37(65-29(5)52)48(7)49(56,17-18-50(33,48)57)28(4)64-45(55)30-12-11-19-51-24-30/h11-12,19,24-28,31-44,46,53-54,56-57H,13-18,20-23H2,1-10H3/t25-,26-,27-,28?,31+,32+,33-,34+,35+,36-,37-,38+,39+,40-,41-,42+,43+,44-,46+,47+,48-,49-,50+/m1/s1. The maximum Gasteiger partial charge on any atom is 0.340 e. The van der Waals surface area contributed by atoms with Crippen LogP contribution in [-0.4, -0.2) is 168 Å². The minimum atomic E-state index is -1.68. The molecule has 1 unspecified atom stereocenters. The lowest BCUT2D eigenvalue weighted by atomic mass is 9.42. The molecule has 1 aromatic heterocycles. The number of carbonyl (C=O) groups excluding carboxylic acids is 2. The summed E-state index contributed by atoms with van der Waals surface area (Å²) in [7, 11) is 4.66. The molecule has 68 heavy (non-hydrogen) atoms. The average molecular weight is 964 g/mol. The fourth-order valence-electron chi connectivity index (χ4n) is 14.1. The van der Waals surface area contributed by atoms with E-state index in [0.29, 0.717) is 19.3 Å². The quantitative estimate of drug-likeness (QED) is 0.162. The summed E-state index contributed by atoms with van der Waals surface area (Å²) in [6, 6.07) is 3.24. The van der Waals surface area contributed by atoms with Crippen molar-refractivity contribution in [2.75, 3.05) is 21.3 Å². The molecule has 4 aliphatic carbocycles. The van der Waals surface area contributed by atoms with Gasteiger partial charge in [-0.15, -0.1) is 0 Å². The van der Waals surface area contributed by atoms with Crippen LogP contribution in [0.25, 0.3) is 0 Å². The maximum atomic E-state index is 13.2. The Hall–Kier alpha value is -2.43. The first-order chi connectivity index (χ1) is 32.2. The number of aliphatic hydroxyl groups is 4. The minimum Gasteiger partial charge on any atom is -0.462 e. The van der Waals surface area contributed by atoms with Crippen LogP contribution < -0.4 is 0 Å². The predicted octanol–water partition coefficient (Wildman–Crippen LogP) is 3.99. The second-order valence-electron chi connectivity index (χ2n) is 21.4. The van der Waals surface area contributed by atoms with E-state index in [0.717, 1.165) is 32.1 Å². The molecule has 0 amide bonds. The van der Waals surface area contributed by atoms with E-state index in [1.165, 1.54) is 20.2 Å². The molecule has 7 aliphatic rings. The predicted molar refractivity (Wildman–Crippen MR) is 239 cm³/mol. The number of hydrogen-bond acceptors (Lipinski definition) is 18. The Morgan fingerprint density at radius 2 is 1.43 bits per heavy atom. The summed E-state index contributed by atoms with van der Waals surface area (Å²) in [6.45, 7) is 12.6. The van der Waals surface area contributed by atoms with Crippen molar-refractivity contribution in [1.29, 1.82) is 0 Å². The first-order valence-electron chi connectivity index (χ1n) is 24.8. The monoisotopic (exact) mass is 964 g/mol. The van der Waals surface area contributed by atoms with E-state index in [1.807, 2.05) is 20.8 Å². The Morgan fingerprint density at radius 3 is 2.04 bits per heavy atom. The van der Waals surface area contributed by atoms with E-state index >= 15 is 0 Å². The van der Waals surface area contributed by atoms with Gasteiger partial charge in [-0.25, -0.2) is 4.79 Å². The molecule has 384 valence electrons. The normalized spacial score (nSPS) is 48.6. The van der Waals surface area contributed by atoms with E-state index in [-0.39, 0.29) is 53.8 Å². The average Bonchev–Trinajstić information content (AvgIpc) is 3.53. The van der Waals surface area contributed by atoms with Gasteiger partial charge in [-0.2, -0.15) is 0 Å². The van der Waals surface area contributed by atoms with Crippen molar-refractivity contribution in [2.24, 2.45) is 28.6 Å². The first kappa shape index (κ1) is 51.9. The Kier molecular flexibility index (Phi) is 15.4. The van der Waals surface area contributed by atoms with E-state index < -0.39 is 115 Å².